The molecular weight excluding hydrogens is 236 g/mol. The molecule has 1 atom stereocenters. The van der Waals surface area contributed by atoms with E-state index in [0.717, 1.165) is 19.4 Å². The zero-order chi connectivity index (χ0) is 14.1. The lowest BCUT2D eigenvalue weighted by Crippen LogP contribution is -2.37. The molecule has 0 saturated carbocycles. The molecule has 0 aliphatic carbocycles. The summed E-state index contributed by atoms with van der Waals surface area (Å²) in [4.78, 5) is 6.62. The van der Waals surface area contributed by atoms with Gasteiger partial charge in [0.15, 0.2) is 5.96 Å². The first-order valence-electron chi connectivity index (χ1n) is 6.87. The second-order valence-electron chi connectivity index (χ2n) is 4.96. The van der Waals surface area contributed by atoms with Gasteiger partial charge in [-0.1, -0.05) is 37.3 Å². The van der Waals surface area contributed by atoms with Gasteiger partial charge < -0.3 is 16.0 Å². The SMILES string of the molecule is CCCNC(N)=NCC(Cc1ccccc1)N(C)C. The van der Waals surface area contributed by atoms with Crippen LogP contribution in [-0.2, 0) is 6.42 Å². The minimum Gasteiger partial charge on any atom is -0.370 e. The van der Waals surface area contributed by atoms with Crippen molar-refractivity contribution in [3.63, 3.8) is 0 Å². The lowest BCUT2D eigenvalue weighted by molar-refractivity contribution is 0.298. The molecule has 0 bridgehead atoms. The van der Waals surface area contributed by atoms with Gasteiger partial charge in [-0.3, -0.25) is 4.99 Å². The zero-order valence-electron chi connectivity index (χ0n) is 12.3. The van der Waals surface area contributed by atoms with Crippen LogP contribution in [-0.4, -0.2) is 44.1 Å². The van der Waals surface area contributed by atoms with Crippen LogP contribution in [0.25, 0.3) is 0 Å². The molecule has 1 rings (SSSR count). The molecule has 1 aromatic carbocycles. The van der Waals surface area contributed by atoms with Crippen molar-refractivity contribution < 1.29 is 0 Å². The molecule has 4 heteroatoms. The molecule has 0 aliphatic rings. The normalized spacial score (nSPS) is 13.6. The quantitative estimate of drug-likeness (QED) is 0.578. The molecule has 1 unspecified atom stereocenters. The van der Waals surface area contributed by atoms with E-state index >= 15 is 0 Å². The summed E-state index contributed by atoms with van der Waals surface area (Å²) < 4.78 is 0. The number of nitrogens with one attached hydrogen (secondary N) is 1. The Kier molecular flexibility index (Phi) is 6.97. The summed E-state index contributed by atoms with van der Waals surface area (Å²) in [6.07, 6.45) is 2.04. The topological polar surface area (TPSA) is 53.6 Å². The highest BCUT2D eigenvalue weighted by molar-refractivity contribution is 5.77. The maximum atomic E-state index is 5.82. The maximum Gasteiger partial charge on any atom is 0.188 e. The summed E-state index contributed by atoms with van der Waals surface area (Å²) >= 11 is 0. The van der Waals surface area contributed by atoms with Crippen LogP contribution in [0.2, 0.25) is 0 Å². The van der Waals surface area contributed by atoms with Gasteiger partial charge in [0.2, 0.25) is 0 Å². The highest BCUT2D eigenvalue weighted by Gasteiger charge is 2.11. The van der Waals surface area contributed by atoms with Crippen LogP contribution in [0.1, 0.15) is 18.9 Å². The van der Waals surface area contributed by atoms with Gasteiger partial charge in [-0.05, 0) is 32.5 Å². The monoisotopic (exact) mass is 262 g/mol. The molecule has 4 nitrogen and oxygen atoms in total. The first-order chi connectivity index (χ1) is 9.13. The van der Waals surface area contributed by atoms with E-state index in [2.05, 4.69) is 60.5 Å². The van der Waals surface area contributed by atoms with Crippen LogP contribution in [0.3, 0.4) is 0 Å². The van der Waals surface area contributed by atoms with Crippen molar-refractivity contribution in [2.75, 3.05) is 27.2 Å². The Morgan fingerprint density at radius 1 is 1.32 bits per heavy atom. The first kappa shape index (κ1) is 15.5. The highest BCUT2D eigenvalue weighted by Crippen LogP contribution is 2.07. The van der Waals surface area contributed by atoms with Crippen LogP contribution < -0.4 is 11.1 Å². The first-order valence-corrected chi connectivity index (χ1v) is 6.87. The molecule has 19 heavy (non-hydrogen) atoms. The molecule has 0 fully saturated rings. The van der Waals surface area contributed by atoms with E-state index in [1.54, 1.807) is 0 Å². The van der Waals surface area contributed by atoms with Crippen molar-refractivity contribution >= 4 is 5.96 Å². The fraction of sp³-hybridized carbons (Fsp3) is 0.533. The summed E-state index contributed by atoms with van der Waals surface area (Å²) in [6.45, 7) is 3.70. The predicted molar refractivity (Wildman–Crippen MR) is 82.4 cm³/mol. The van der Waals surface area contributed by atoms with Gasteiger partial charge in [0, 0.05) is 12.6 Å². The van der Waals surface area contributed by atoms with Crippen LogP contribution in [0.4, 0.5) is 0 Å². The third-order valence-corrected chi connectivity index (χ3v) is 3.07. The van der Waals surface area contributed by atoms with Crippen LogP contribution in [0.15, 0.2) is 35.3 Å². The largest absolute Gasteiger partial charge is 0.370 e. The lowest BCUT2D eigenvalue weighted by atomic mass is 10.1. The molecule has 0 radical (unpaired) electrons. The van der Waals surface area contributed by atoms with Crippen LogP contribution in [0, 0.1) is 0 Å². The van der Waals surface area contributed by atoms with E-state index < -0.39 is 0 Å². The third-order valence-electron chi connectivity index (χ3n) is 3.07. The second kappa shape index (κ2) is 8.53. The average molecular weight is 262 g/mol. The van der Waals surface area contributed by atoms with E-state index in [-0.39, 0.29) is 0 Å². The standard InChI is InChI=1S/C15H26N4/c1-4-10-17-15(16)18-12-14(19(2)3)11-13-8-6-5-7-9-13/h5-9,14H,4,10-12H2,1-3H3,(H3,16,17,18). The zero-order valence-corrected chi connectivity index (χ0v) is 12.3. The number of aliphatic imine (C=N–C) groups is 1. The molecular formula is C15H26N4. The number of rotatable bonds is 7. The molecule has 0 aliphatic heterocycles. The molecule has 0 heterocycles. The summed E-state index contributed by atoms with van der Waals surface area (Å²) in [7, 11) is 4.16. The Bertz CT molecular complexity index is 373. The van der Waals surface area contributed by atoms with Crippen LogP contribution >= 0.6 is 0 Å². The molecule has 0 amide bonds. The third kappa shape index (κ3) is 6.25. The molecule has 1 aromatic rings. The van der Waals surface area contributed by atoms with Gasteiger partial charge in [-0.15, -0.1) is 0 Å². The Balaban J connectivity index is 2.54. The van der Waals surface area contributed by atoms with Crippen LogP contribution in [0.5, 0.6) is 0 Å². The highest BCUT2D eigenvalue weighted by atomic mass is 15.1. The van der Waals surface area contributed by atoms with E-state index in [4.69, 9.17) is 5.73 Å². The minimum absolute atomic E-state index is 0.365. The number of guanidine groups is 1. The predicted octanol–water partition coefficient (Wildman–Crippen LogP) is 1.47. The number of nitrogens with zero attached hydrogens (tertiary/aromatic N) is 2. The molecule has 106 valence electrons. The second-order valence-corrected chi connectivity index (χ2v) is 4.96. The van der Waals surface area contributed by atoms with E-state index in [1.807, 2.05) is 6.07 Å². The van der Waals surface area contributed by atoms with E-state index in [1.165, 1.54) is 5.56 Å². The summed E-state index contributed by atoms with van der Waals surface area (Å²) in [5.41, 5.74) is 7.15. The number of hydrogen-bond donors (Lipinski definition) is 2. The lowest BCUT2D eigenvalue weighted by Gasteiger charge is -2.23. The number of likely N-dealkylation sites (N-methyl/N-ethyl adjacent to an activating group) is 1. The van der Waals surface area contributed by atoms with Crippen molar-refractivity contribution in [3.05, 3.63) is 35.9 Å². The van der Waals surface area contributed by atoms with Crippen molar-refractivity contribution in [2.24, 2.45) is 10.7 Å². The number of hydrogen-bond acceptors (Lipinski definition) is 2. The number of benzene rings is 1. The molecule has 3 N–H and O–H groups in total. The van der Waals surface area contributed by atoms with E-state index in [0.29, 0.717) is 18.5 Å². The van der Waals surface area contributed by atoms with Gasteiger partial charge in [-0.25, -0.2) is 0 Å². The summed E-state index contributed by atoms with van der Waals surface area (Å²) in [5.74, 6) is 0.543. The summed E-state index contributed by atoms with van der Waals surface area (Å²) in [6, 6.07) is 10.9. The fourth-order valence-corrected chi connectivity index (χ4v) is 1.81. The Morgan fingerprint density at radius 3 is 2.58 bits per heavy atom. The maximum absolute atomic E-state index is 5.82. The van der Waals surface area contributed by atoms with E-state index in [9.17, 15) is 0 Å². The van der Waals surface area contributed by atoms with Gasteiger partial charge in [-0.2, -0.15) is 0 Å². The van der Waals surface area contributed by atoms with Crippen molar-refractivity contribution in [3.8, 4) is 0 Å². The smallest absolute Gasteiger partial charge is 0.188 e. The Labute approximate surface area is 116 Å². The molecule has 0 saturated heterocycles. The fourth-order valence-electron chi connectivity index (χ4n) is 1.81. The van der Waals surface area contributed by atoms with Gasteiger partial charge in [0.05, 0.1) is 6.54 Å². The Hall–Kier alpha value is -1.55. The van der Waals surface area contributed by atoms with Gasteiger partial charge >= 0.3 is 0 Å². The molecule has 0 aromatic heterocycles. The average Bonchev–Trinajstić information content (AvgIpc) is 2.41. The van der Waals surface area contributed by atoms with Crippen molar-refractivity contribution in [1.29, 1.82) is 0 Å². The van der Waals surface area contributed by atoms with Crippen molar-refractivity contribution in [2.45, 2.75) is 25.8 Å². The van der Waals surface area contributed by atoms with Gasteiger partial charge in [0.1, 0.15) is 0 Å². The summed E-state index contributed by atoms with van der Waals surface area (Å²) in [5, 5.41) is 3.10. The van der Waals surface area contributed by atoms with Crippen molar-refractivity contribution in [1.82, 2.24) is 10.2 Å². The molecule has 0 spiro atoms. The number of nitrogens with two attached hydrogens (primary N) is 1. The van der Waals surface area contributed by atoms with Gasteiger partial charge in [0.25, 0.3) is 0 Å². The Morgan fingerprint density at radius 2 is 2.00 bits per heavy atom. The minimum atomic E-state index is 0.365.